The van der Waals surface area contributed by atoms with Crippen molar-refractivity contribution < 1.29 is 36.3 Å². The van der Waals surface area contributed by atoms with Crippen molar-refractivity contribution in [3.8, 4) is 11.3 Å². The summed E-state index contributed by atoms with van der Waals surface area (Å²) in [6.07, 6.45) is -0.327. The number of carbonyl (C=O) groups is 2. The van der Waals surface area contributed by atoms with Crippen LogP contribution >= 0.6 is 0 Å². The van der Waals surface area contributed by atoms with Crippen LogP contribution in [0.1, 0.15) is 15.9 Å². The van der Waals surface area contributed by atoms with Crippen molar-refractivity contribution in [2.24, 2.45) is 5.73 Å². The molecular weight excluding hydrogens is 445 g/mol. The van der Waals surface area contributed by atoms with Gasteiger partial charge in [-0.2, -0.15) is 4.98 Å². The highest BCUT2D eigenvalue weighted by Crippen LogP contribution is 2.39. The first kappa shape index (κ1) is 21.3. The molecule has 3 heterocycles. The molecule has 0 aliphatic carbocycles. The first-order valence-corrected chi connectivity index (χ1v) is 11.0. The lowest BCUT2D eigenvalue weighted by atomic mass is 10.0. The van der Waals surface area contributed by atoms with Gasteiger partial charge in [0.15, 0.2) is 11.6 Å². The minimum absolute atomic E-state index is 0.00303. The van der Waals surface area contributed by atoms with Crippen LogP contribution in [0.15, 0.2) is 41.3 Å². The second kappa shape index (κ2) is 7.64. The molecule has 10 nitrogen and oxygen atoms in total. The van der Waals surface area contributed by atoms with Crippen LogP contribution in [0.4, 0.5) is 15.0 Å². The number of anilines is 1. The first-order chi connectivity index (χ1) is 15.1. The van der Waals surface area contributed by atoms with Gasteiger partial charge in [0, 0.05) is 5.56 Å². The number of nitrogens with two attached hydrogens (primary N) is 1. The van der Waals surface area contributed by atoms with E-state index in [2.05, 4.69) is 16.3 Å². The van der Waals surface area contributed by atoms with E-state index < -0.39 is 27.9 Å². The number of primary amides is 1. The van der Waals surface area contributed by atoms with Gasteiger partial charge in [-0.25, -0.2) is 26.7 Å². The van der Waals surface area contributed by atoms with Gasteiger partial charge in [-0.05, 0) is 30.3 Å². The number of hydrogen-bond acceptors (Lipinski definition) is 8. The summed E-state index contributed by atoms with van der Waals surface area (Å²) >= 11 is 0. The third-order valence-electron chi connectivity index (χ3n) is 4.67. The van der Waals surface area contributed by atoms with Gasteiger partial charge in [0.25, 0.3) is 0 Å². The van der Waals surface area contributed by atoms with E-state index in [0.717, 1.165) is 22.7 Å². The number of benzene rings is 1. The fourth-order valence-corrected chi connectivity index (χ4v) is 4.18. The zero-order valence-corrected chi connectivity index (χ0v) is 17.4. The van der Waals surface area contributed by atoms with Crippen LogP contribution in [0.5, 0.6) is 0 Å². The number of aromatic nitrogens is 1. The van der Waals surface area contributed by atoms with Crippen LogP contribution in [-0.2, 0) is 19.5 Å². The summed E-state index contributed by atoms with van der Waals surface area (Å²) in [4.78, 5) is 28.2. The Balaban J connectivity index is 2.03. The van der Waals surface area contributed by atoms with Gasteiger partial charge in [-0.3, -0.25) is 0 Å². The molecule has 32 heavy (non-hydrogen) atoms. The number of furan rings is 1. The summed E-state index contributed by atoms with van der Waals surface area (Å²) in [5, 5.41) is 0.0921. The summed E-state index contributed by atoms with van der Waals surface area (Å²) in [7, 11) is -3.73. The Hall–Kier alpha value is -3.93. The fraction of sp³-hybridized carbons (Fsp3) is 0.150. The topological polar surface area (TPSA) is 142 Å². The third-order valence-corrected chi connectivity index (χ3v) is 5.83. The number of hydrogen-bond donors (Lipinski definition) is 1. The van der Waals surface area contributed by atoms with E-state index in [1.54, 1.807) is 0 Å². The van der Waals surface area contributed by atoms with Gasteiger partial charge in [0.05, 0.1) is 23.8 Å². The number of pyridine rings is 1. The number of ether oxygens (including phenoxy) is 2. The van der Waals surface area contributed by atoms with Crippen molar-refractivity contribution in [2.75, 3.05) is 23.7 Å². The molecule has 0 unspecified atom stereocenters. The van der Waals surface area contributed by atoms with Gasteiger partial charge in [-0.15, -0.1) is 0 Å². The SMILES string of the molecule is C=C1OCCN(S(C)(=O)=O)c2nc3oc(-c4ccc(F)cc4)c(C(=O)OC(N)=O)c3cc21. The number of rotatable bonds is 3. The van der Waals surface area contributed by atoms with Crippen LogP contribution in [0.2, 0.25) is 0 Å². The van der Waals surface area contributed by atoms with E-state index in [1.807, 2.05) is 0 Å². The molecule has 12 heteroatoms. The highest BCUT2D eigenvalue weighted by molar-refractivity contribution is 7.92. The number of fused-ring (bicyclic) bond motifs is 2. The van der Waals surface area contributed by atoms with Gasteiger partial charge in [0.1, 0.15) is 23.7 Å². The molecule has 3 aromatic rings. The molecular formula is C20H16FN3O7S. The van der Waals surface area contributed by atoms with E-state index in [9.17, 15) is 22.4 Å². The Morgan fingerprint density at radius 3 is 2.59 bits per heavy atom. The molecule has 2 N–H and O–H groups in total. The van der Waals surface area contributed by atoms with E-state index in [1.165, 1.54) is 18.2 Å². The Bertz CT molecular complexity index is 1380. The van der Waals surface area contributed by atoms with Crippen molar-refractivity contribution in [1.29, 1.82) is 0 Å². The number of carbonyl (C=O) groups excluding carboxylic acids is 2. The van der Waals surface area contributed by atoms with Crippen LogP contribution < -0.4 is 10.0 Å². The zero-order chi connectivity index (χ0) is 23.2. The Kier molecular flexibility index (Phi) is 5.09. The minimum atomic E-state index is -3.73. The van der Waals surface area contributed by atoms with Crippen molar-refractivity contribution in [3.63, 3.8) is 0 Å². The summed E-state index contributed by atoms with van der Waals surface area (Å²) in [5.41, 5.74) is 5.14. The second-order valence-electron chi connectivity index (χ2n) is 6.84. The van der Waals surface area contributed by atoms with E-state index in [4.69, 9.17) is 14.9 Å². The molecule has 1 aromatic carbocycles. The first-order valence-electron chi connectivity index (χ1n) is 9.11. The molecule has 4 rings (SSSR count). The molecule has 2 aromatic heterocycles. The highest BCUT2D eigenvalue weighted by atomic mass is 32.2. The Morgan fingerprint density at radius 2 is 1.97 bits per heavy atom. The standard InChI is InChI=1S/C20H16FN3O7S/c1-10-13-9-14-15(19(25)31-20(22)26)16(11-3-5-12(21)6-4-11)30-18(14)23-17(13)24(7-8-29-10)32(2,27)28/h3-6,9H,1,7-8H2,2H3,(H2,22,26). The van der Waals surface area contributed by atoms with Crippen LogP contribution in [-0.4, -0.2) is 44.9 Å². The number of esters is 1. The minimum Gasteiger partial charge on any atom is -0.492 e. The van der Waals surface area contributed by atoms with Crippen molar-refractivity contribution in [1.82, 2.24) is 4.98 Å². The lowest BCUT2D eigenvalue weighted by Crippen LogP contribution is -2.32. The molecule has 166 valence electrons. The number of amides is 1. The van der Waals surface area contributed by atoms with Gasteiger partial charge in [0.2, 0.25) is 15.7 Å². The van der Waals surface area contributed by atoms with Gasteiger partial charge in [-0.1, -0.05) is 6.58 Å². The Morgan fingerprint density at radius 1 is 1.28 bits per heavy atom. The molecule has 0 radical (unpaired) electrons. The maximum absolute atomic E-state index is 13.4. The second-order valence-corrected chi connectivity index (χ2v) is 8.75. The van der Waals surface area contributed by atoms with E-state index in [-0.39, 0.29) is 58.3 Å². The third kappa shape index (κ3) is 3.75. The number of halogens is 1. The summed E-state index contributed by atoms with van der Waals surface area (Å²) in [6, 6.07) is 6.40. The number of sulfonamides is 1. The van der Waals surface area contributed by atoms with Crippen LogP contribution in [0, 0.1) is 5.82 Å². The Labute approximate surface area is 181 Å². The van der Waals surface area contributed by atoms with Crippen molar-refractivity contribution in [3.05, 3.63) is 53.9 Å². The smallest absolute Gasteiger partial charge is 0.412 e. The molecule has 0 saturated carbocycles. The molecule has 1 amide bonds. The van der Waals surface area contributed by atoms with Gasteiger partial charge < -0.3 is 19.6 Å². The highest BCUT2D eigenvalue weighted by Gasteiger charge is 2.31. The largest absolute Gasteiger partial charge is 0.492 e. The summed E-state index contributed by atoms with van der Waals surface area (Å²) < 4.78 is 54.8. The molecule has 0 saturated heterocycles. The predicted octanol–water partition coefficient (Wildman–Crippen LogP) is 2.64. The van der Waals surface area contributed by atoms with E-state index in [0.29, 0.717) is 0 Å². The van der Waals surface area contributed by atoms with Crippen molar-refractivity contribution >= 4 is 44.8 Å². The van der Waals surface area contributed by atoms with Crippen LogP contribution in [0.25, 0.3) is 28.2 Å². The van der Waals surface area contributed by atoms with Crippen LogP contribution in [0.3, 0.4) is 0 Å². The average molecular weight is 461 g/mol. The summed E-state index contributed by atoms with van der Waals surface area (Å²) in [6.45, 7) is 3.80. The molecule has 1 aliphatic heterocycles. The molecule has 0 fully saturated rings. The zero-order valence-electron chi connectivity index (χ0n) is 16.6. The lowest BCUT2D eigenvalue weighted by Gasteiger charge is -2.19. The molecule has 0 atom stereocenters. The summed E-state index contributed by atoms with van der Waals surface area (Å²) in [5.74, 6) is -1.60. The quantitative estimate of drug-likeness (QED) is 0.463. The normalized spacial score (nSPS) is 13.9. The van der Waals surface area contributed by atoms with Gasteiger partial charge >= 0.3 is 12.1 Å². The van der Waals surface area contributed by atoms with Crippen molar-refractivity contribution in [2.45, 2.75) is 0 Å². The predicted molar refractivity (Wildman–Crippen MR) is 112 cm³/mol. The monoisotopic (exact) mass is 461 g/mol. The maximum atomic E-state index is 13.4. The van der Waals surface area contributed by atoms with E-state index >= 15 is 0 Å². The fourth-order valence-electron chi connectivity index (χ4n) is 3.32. The molecule has 1 aliphatic rings. The maximum Gasteiger partial charge on any atom is 0.412 e. The molecule has 0 bridgehead atoms. The molecule has 0 spiro atoms. The lowest BCUT2D eigenvalue weighted by molar-refractivity contribution is 0.0640. The average Bonchev–Trinajstić information content (AvgIpc) is 2.99. The number of nitrogens with zero attached hydrogens (tertiary/aromatic N) is 2.